The molecule has 1 heterocycles. The molecule has 0 aromatic rings. The number of likely N-dealkylation sites (tertiary alicyclic amines) is 1. The van der Waals surface area contributed by atoms with E-state index in [1.807, 2.05) is 6.92 Å². The molecular formula is C17H30N2O2. The van der Waals surface area contributed by atoms with E-state index in [0.29, 0.717) is 6.04 Å². The van der Waals surface area contributed by atoms with Crippen LogP contribution in [0.5, 0.6) is 0 Å². The van der Waals surface area contributed by atoms with Gasteiger partial charge in [-0.25, -0.2) is 0 Å². The molecule has 1 aliphatic heterocycles. The highest BCUT2D eigenvalue weighted by atomic mass is 16.4. The third-order valence-corrected chi connectivity index (χ3v) is 5.82. The van der Waals surface area contributed by atoms with Crippen LogP contribution in [0.2, 0.25) is 0 Å². The Morgan fingerprint density at radius 3 is 2.71 bits per heavy atom. The first-order chi connectivity index (χ1) is 10.1. The van der Waals surface area contributed by atoms with E-state index in [0.717, 1.165) is 44.2 Å². The van der Waals surface area contributed by atoms with Crippen molar-refractivity contribution >= 4 is 5.97 Å². The summed E-state index contributed by atoms with van der Waals surface area (Å²) in [7, 11) is 0. The van der Waals surface area contributed by atoms with Crippen molar-refractivity contribution in [3.8, 4) is 0 Å². The van der Waals surface area contributed by atoms with E-state index in [-0.39, 0.29) is 0 Å². The van der Waals surface area contributed by atoms with Gasteiger partial charge in [0.15, 0.2) is 0 Å². The Morgan fingerprint density at radius 1 is 1.24 bits per heavy atom. The van der Waals surface area contributed by atoms with Crippen molar-refractivity contribution < 1.29 is 9.90 Å². The van der Waals surface area contributed by atoms with Gasteiger partial charge in [-0.1, -0.05) is 12.8 Å². The number of hydrogen-bond acceptors (Lipinski definition) is 3. The average molecular weight is 294 g/mol. The number of fused-ring (bicyclic) bond motifs is 1. The normalized spacial score (nSPS) is 32.6. The standard InChI is InChI=1S/C17H30N2O2/c1-17(16(20)21,18-14-7-8-14)10-4-11-19-12-9-13-5-2-3-6-15(13)19/h13-15,18H,2-12H2,1H3,(H,20,21). The Kier molecular flexibility index (Phi) is 4.55. The first-order valence-corrected chi connectivity index (χ1v) is 8.84. The number of carboxylic acids is 1. The summed E-state index contributed by atoms with van der Waals surface area (Å²) in [6.07, 6.45) is 10.9. The SMILES string of the molecule is CC(CCCN1CCC2CCCCC21)(NC1CC1)C(=O)O. The highest BCUT2D eigenvalue weighted by Gasteiger charge is 2.39. The Morgan fingerprint density at radius 2 is 2.00 bits per heavy atom. The molecule has 3 unspecified atom stereocenters. The third-order valence-electron chi connectivity index (χ3n) is 5.82. The molecule has 2 saturated carbocycles. The monoisotopic (exact) mass is 294 g/mol. The highest BCUT2D eigenvalue weighted by Crippen LogP contribution is 2.36. The van der Waals surface area contributed by atoms with Crippen LogP contribution >= 0.6 is 0 Å². The number of hydrogen-bond donors (Lipinski definition) is 2. The lowest BCUT2D eigenvalue weighted by Crippen LogP contribution is -2.51. The van der Waals surface area contributed by atoms with E-state index in [9.17, 15) is 9.90 Å². The summed E-state index contributed by atoms with van der Waals surface area (Å²) >= 11 is 0. The number of carboxylic acid groups (broad SMARTS) is 1. The maximum absolute atomic E-state index is 11.6. The van der Waals surface area contributed by atoms with Gasteiger partial charge in [-0.3, -0.25) is 10.1 Å². The van der Waals surface area contributed by atoms with Gasteiger partial charge in [-0.05, 0) is 70.9 Å². The molecule has 4 nitrogen and oxygen atoms in total. The zero-order valence-corrected chi connectivity index (χ0v) is 13.3. The predicted octanol–water partition coefficient (Wildman–Crippen LogP) is 2.63. The largest absolute Gasteiger partial charge is 0.480 e. The molecule has 1 saturated heterocycles. The molecule has 0 aromatic carbocycles. The van der Waals surface area contributed by atoms with Crippen molar-refractivity contribution in [3.05, 3.63) is 0 Å². The van der Waals surface area contributed by atoms with Gasteiger partial charge in [0.1, 0.15) is 5.54 Å². The maximum Gasteiger partial charge on any atom is 0.323 e. The number of nitrogens with zero attached hydrogens (tertiary/aromatic N) is 1. The summed E-state index contributed by atoms with van der Waals surface area (Å²) in [5.74, 6) is 0.237. The summed E-state index contributed by atoms with van der Waals surface area (Å²) < 4.78 is 0. The summed E-state index contributed by atoms with van der Waals surface area (Å²) in [6, 6.07) is 1.24. The minimum atomic E-state index is -0.729. The molecule has 4 heteroatoms. The summed E-state index contributed by atoms with van der Waals surface area (Å²) in [5.41, 5.74) is -0.729. The average Bonchev–Trinajstić information content (AvgIpc) is 3.17. The van der Waals surface area contributed by atoms with Crippen molar-refractivity contribution in [2.75, 3.05) is 13.1 Å². The van der Waals surface area contributed by atoms with E-state index in [2.05, 4.69) is 10.2 Å². The second-order valence-corrected chi connectivity index (χ2v) is 7.60. The van der Waals surface area contributed by atoms with Crippen LogP contribution in [-0.2, 0) is 4.79 Å². The van der Waals surface area contributed by atoms with Crippen LogP contribution in [-0.4, -0.2) is 46.7 Å². The molecule has 0 spiro atoms. The third kappa shape index (κ3) is 3.59. The molecular weight excluding hydrogens is 264 g/mol. The van der Waals surface area contributed by atoms with Gasteiger partial charge in [0.05, 0.1) is 0 Å². The zero-order valence-electron chi connectivity index (χ0n) is 13.3. The van der Waals surface area contributed by atoms with Gasteiger partial charge in [-0.2, -0.15) is 0 Å². The van der Waals surface area contributed by atoms with Crippen LogP contribution in [0.15, 0.2) is 0 Å². The lowest BCUT2D eigenvalue weighted by Gasteiger charge is -2.33. The van der Waals surface area contributed by atoms with E-state index >= 15 is 0 Å². The summed E-state index contributed by atoms with van der Waals surface area (Å²) in [5, 5.41) is 12.8. The number of nitrogens with one attached hydrogen (secondary N) is 1. The minimum absolute atomic E-state index is 0.445. The first kappa shape index (κ1) is 15.3. The molecule has 0 radical (unpaired) electrons. The Balaban J connectivity index is 1.47. The zero-order chi connectivity index (χ0) is 14.9. The molecule has 21 heavy (non-hydrogen) atoms. The molecule has 3 atom stereocenters. The molecule has 120 valence electrons. The van der Waals surface area contributed by atoms with Crippen molar-refractivity contribution in [2.24, 2.45) is 5.92 Å². The Hall–Kier alpha value is -0.610. The van der Waals surface area contributed by atoms with Crippen molar-refractivity contribution in [1.82, 2.24) is 10.2 Å². The molecule has 3 aliphatic rings. The van der Waals surface area contributed by atoms with Crippen LogP contribution < -0.4 is 5.32 Å². The van der Waals surface area contributed by atoms with E-state index in [1.165, 1.54) is 38.6 Å². The highest BCUT2D eigenvalue weighted by molar-refractivity contribution is 5.78. The molecule has 2 N–H and O–H groups in total. The van der Waals surface area contributed by atoms with E-state index in [4.69, 9.17) is 0 Å². The minimum Gasteiger partial charge on any atom is -0.480 e. The van der Waals surface area contributed by atoms with Crippen LogP contribution in [0, 0.1) is 5.92 Å². The van der Waals surface area contributed by atoms with Gasteiger partial charge in [-0.15, -0.1) is 0 Å². The predicted molar refractivity (Wildman–Crippen MR) is 83.4 cm³/mol. The van der Waals surface area contributed by atoms with E-state index in [1.54, 1.807) is 0 Å². The number of carbonyl (C=O) groups is 1. The molecule has 2 aliphatic carbocycles. The Labute approximate surface area is 128 Å². The quantitative estimate of drug-likeness (QED) is 0.758. The lowest BCUT2D eigenvalue weighted by atomic mass is 9.85. The van der Waals surface area contributed by atoms with Gasteiger partial charge in [0.2, 0.25) is 0 Å². The summed E-state index contributed by atoms with van der Waals surface area (Å²) in [6.45, 7) is 4.17. The topological polar surface area (TPSA) is 52.6 Å². The van der Waals surface area contributed by atoms with Crippen molar-refractivity contribution in [2.45, 2.75) is 82.3 Å². The first-order valence-electron chi connectivity index (χ1n) is 8.84. The number of rotatable bonds is 7. The van der Waals surface area contributed by atoms with Gasteiger partial charge < -0.3 is 10.0 Å². The van der Waals surface area contributed by atoms with E-state index < -0.39 is 11.5 Å². The maximum atomic E-state index is 11.6. The second kappa shape index (κ2) is 6.25. The molecule has 0 amide bonds. The molecule has 0 aromatic heterocycles. The fraction of sp³-hybridized carbons (Fsp3) is 0.941. The summed E-state index contributed by atoms with van der Waals surface area (Å²) in [4.78, 5) is 14.2. The Bertz CT molecular complexity index is 383. The lowest BCUT2D eigenvalue weighted by molar-refractivity contribution is -0.144. The second-order valence-electron chi connectivity index (χ2n) is 7.60. The van der Waals surface area contributed by atoms with Crippen molar-refractivity contribution in [3.63, 3.8) is 0 Å². The van der Waals surface area contributed by atoms with Crippen LogP contribution in [0.25, 0.3) is 0 Å². The molecule has 3 rings (SSSR count). The van der Waals surface area contributed by atoms with Crippen LogP contribution in [0.1, 0.15) is 64.7 Å². The van der Waals surface area contributed by atoms with Gasteiger partial charge in [0.25, 0.3) is 0 Å². The van der Waals surface area contributed by atoms with Crippen LogP contribution in [0.3, 0.4) is 0 Å². The molecule has 3 fully saturated rings. The molecule has 0 bridgehead atoms. The van der Waals surface area contributed by atoms with Crippen LogP contribution in [0.4, 0.5) is 0 Å². The fourth-order valence-corrected chi connectivity index (χ4v) is 4.34. The smallest absolute Gasteiger partial charge is 0.323 e. The number of aliphatic carboxylic acids is 1. The van der Waals surface area contributed by atoms with Gasteiger partial charge >= 0.3 is 5.97 Å². The fourth-order valence-electron chi connectivity index (χ4n) is 4.34. The van der Waals surface area contributed by atoms with Gasteiger partial charge in [0, 0.05) is 12.1 Å². The van der Waals surface area contributed by atoms with Crippen molar-refractivity contribution in [1.29, 1.82) is 0 Å².